The van der Waals surface area contributed by atoms with Gasteiger partial charge in [0.1, 0.15) is 18.1 Å². The van der Waals surface area contributed by atoms with Crippen LogP contribution < -0.4 is 32.7 Å². The van der Waals surface area contributed by atoms with Crippen molar-refractivity contribution < 1.29 is 33.9 Å². The SMILES string of the molecule is NC(=O)CCC(NC(=O)C1CCCN1)C(=O)NC(Cc1ccccc1)C(=O)NC(CC(N)=O)C(=O)O. The Balaban J connectivity index is 2.21. The van der Waals surface area contributed by atoms with Gasteiger partial charge in [0.15, 0.2) is 0 Å². The maximum atomic E-state index is 13.1. The molecule has 1 heterocycles. The topological polar surface area (TPSA) is 223 Å². The Bertz CT molecular complexity index is 965. The number of primary amides is 2. The largest absolute Gasteiger partial charge is 0.480 e. The number of hydrogen-bond donors (Lipinski definition) is 7. The molecule has 1 fully saturated rings. The fraction of sp³-hybridized carbons (Fsp3) is 0.478. The first kappa shape index (κ1) is 28.2. The number of nitrogens with two attached hydrogens (primary N) is 2. The summed E-state index contributed by atoms with van der Waals surface area (Å²) in [6.45, 7) is 0.658. The predicted octanol–water partition coefficient (Wildman–Crippen LogP) is -2.34. The second-order valence-corrected chi connectivity index (χ2v) is 8.54. The van der Waals surface area contributed by atoms with E-state index in [0.717, 1.165) is 6.42 Å². The average molecular weight is 505 g/mol. The second kappa shape index (κ2) is 13.8. The van der Waals surface area contributed by atoms with Crippen LogP contribution in [-0.4, -0.2) is 71.3 Å². The molecule has 0 radical (unpaired) electrons. The first-order valence-electron chi connectivity index (χ1n) is 11.5. The van der Waals surface area contributed by atoms with E-state index < -0.39 is 66.1 Å². The van der Waals surface area contributed by atoms with Gasteiger partial charge in [-0.25, -0.2) is 4.79 Å². The lowest BCUT2D eigenvalue weighted by Crippen LogP contribution is -2.58. The van der Waals surface area contributed by atoms with Crippen LogP contribution in [0.4, 0.5) is 0 Å². The zero-order chi connectivity index (χ0) is 26.7. The van der Waals surface area contributed by atoms with Gasteiger partial charge in [0.05, 0.1) is 12.5 Å². The standard InChI is InChI=1S/C23H32N6O7/c24-18(30)9-8-15(27-20(32)14-7-4-10-26-14)21(33)28-16(11-13-5-2-1-3-6-13)22(34)29-17(23(35)36)12-19(25)31/h1-3,5-6,14-17,26H,4,7-12H2,(H2,24,30)(H2,25,31)(H,27,32)(H,28,33)(H,29,34)(H,35,36). The van der Waals surface area contributed by atoms with Gasteiger partial charge in [-0.3, -0.25) is 24.0 Å². The van der Waals surface area contributed by atoms with Crippen LogP contribution >= 0.6 is 0 Å². The minimum Gasteiger partial charge on any atom is -0.480 e. The lowest BCUT2D eigenvalue weighted by atomic mass is 10.0. The van der Waals surface area contributed by atoms with Crippen LogP contribution in [0.15, 0.2) is 30.3 Å². The van der Waals surface area contributed by atoms with Gasteiger partial charge in [0.2, 0.25) is 29.5 Å². The summed E-state index contributed by atoms with van der Waals surface area (Å²) in [5, 5.41) is 19.7. The van der Waals surface area contributed by atoms with Crippen LogP contribution in [0.5, 0.6) is 0 Å². The smallest absolute Gasteiger partial charge is 0.326 e. The summed E-state index contributed by atoms with van der Waals surface area (Å²) in [6.07, 6.45) is 0.447. The minimum absolute atomic E-state index is 0.0119. The number of amides is 5. The van der Waals surface area contributed by atoms with E-state index in [1.165, 1.54) is 0 Å². The van der Waals surface area contributed by atoms with E-state index in [1.807, 2.05) is 0 Å². The molecular weight excluding hydrogens is 472 g/mol. The van der Waals surface area contributed by atoms with Crippen LogP contribution in [-0.2, 0) is 35.2 Å². The quantitative estimate of drug-likeness (QED) is 0.145. The Hall–Kier alpha value is -4.00. The van der Waals surface area contributed by atoms with E-state index in [-0.39, 0.29) is 19.3 Å². The maximum Gasteiger partial charge on any atom is 0.326 e. The Kier molecular flexibility index (Phi) is 10.8. The number of carboxylic acids is 1. The van der Waals surface area contributed by atoms with Gasteiger partial charge in [-0.2, -0.15) is 0 Å². The minimum atomic E-state index is -1.59. The molecular formula is C23H32N6O7. The number of carbonyl (C=O) groups excluding carboxylic acids is 5. The number of carbonyl (C=O) groups is 6. The molecule has 1 aromatic carbocycles. The first-order valence-corrected chi connectivity index (χ1v) is 11.5. The summed E-state index contributed by atoms with van der Waals surface area (Å²) in [7, 11) is 0. The van der Waals surface area contributed by atoms with Gasteiger partial charge < -0.3 is 37.8 Å². The molecule has 13 heteroatoms. The molecule has 196 valence electrons. The van der Waals surface area contributed by atoms with Crippen molar-refractivity contribution in [1.82, 2.24) is 21.3 Å². The van der Waals surface area contributed by atoms with Crippen molar-refractivity contribution in [3.05, 3.63) is 35.9 Å². The Morgan fingerprint density at radius 1 is 0.917 bits per heavy atom. The van der Waals surface area contributed by atoms with Gasteiger partial charge in [0, 0.05) is 12.8 Å². The van der Waals surface area contributed by atoms with Crippen molar-refractivity contribution in [2.75, 3.05) is 6.54 Å². The van der Waals surface area contributed by atoms with E-state index in [1.54, 1.807) is 30.3 Å². The highest BCUT2D eigenvalue weighted by Gasteiger charge is 2.32. The molecule has 1 aromatic rings. The maximum absolute atomic E-state index is 13.1. The fourth-order valence-corrected chi connectivity index (χ4v) is 3.74. The number of carboxylic acid groups (broad SMARTS) is 1. The lowest BCUT2D eigenvalue weighted by Gasteiger charge is -2.25. The average Bonchev–Trinajstić information content (AvgIpc) is 3.36. The van der Waals surface area contributed by atoms with Crippen LogP contribution in [0.3, 0.4) is 0 Å². The highest BCUT2D eigenvalue weighted by Crippen LogP contribution is 2.09. The molecule has 9 N–H and O–H groups in total. The number of nitrogens with one attached hydrogen (secondary N) is 4. The van der Waals surface area contributed by atoms with E-state index in [2.05, 4.69) is 21.3 Å². The highest BCUT2D eigenvalue weighted by atomic mass is 16.4. The number of aliphatic carboxylic acids is 1. The zero-order valence-corrected chi connectivity index (χ0v) is 19.7. The summed E-state index contributed by atoms with van der Waals surface area (Å²) in [4.78, 5) is 72.7. The Morgan fingerprint density at radius 2 is 1.56 bits per heavy atom. The Morgan fingerprint density at radius 3 is 2.11 bits per heavy atom. The second-order valence-electron chi connectivity index (χ2n) is 8.54. The van der Waals surface area contributed by atoms with Crippen molar-refractivity contribution in [2.24, 2.45) is 11.5 Å². The van der Waals surface area contributed by atoms with Crippen molar-refractivity contribution in [2.45, 2.75) is 62.7 Å². The normalized spacial score (nSPS) is 17.3. The number of benzene rings is 1. The summed E-state index contributed by atoms with van der Waals surface area (Å²) in [5.41, 5.74) is 11.0. The molecule has 0 aromatic heterocycles. The molecule has 0 aliphatic carbocycles. The first-order chi connectivity index (χ1) is 17.1. The molecule has 5 amide bonds. The van der Waals surface area contributed by atoms with Crippen molar-refractivity contribution in [3.63, 3.8) is 0 Å². The molecule has 0 saturated carbocycles. The van der Waals surface area contributed by atoms with Crippen LogP contribution in [0, 0.1) is 0 Å². The van der Waals surface area contributed by atoms with E-state index in [4.69, 9.17) is 11.5 Å². The molecule has 4 unspecified atom stereocenters. The number of rotatable bonds is 14. The zero-order valence-electron chi connectivity index (χ0n) is 19.7. The third-order valence-electron chi connectivity index (χ3n) is 5.62. The molecule has 1 aliphatic heterocycles. The van der Waals surface area contributed by atoms with Gasteiger partial charge in [-0.1, -0.05) is 30.3 Å². The van der Waals surface area contributed by atoms with Gasteiger partial charge in [-0.15, -0.1) is 0 Å². The molecule has 36 heavy (non-hydrogen) atoms. The molecule has 13 nitrogen and oxygen atoms in total. The van der Waals surface area contributed by atoms with Crippen molar-refractivity contribution >= 4 is 35.5 Å². The molecule has 2 rings (SSSR count). The molecule has 1 saturated heterocycles. The summed E-state index contributed by atoms with van der Waals surface area (Å²) in [6, 6.07) is 4.13. The highest BCUT2D eigenvalue weighted by molar-refractivity contribution is 5.95. The van der Waals surface area contributed by atoms with Crippen LogP contribution in [0.25, 0.3) is 0 Å². The number of hydrogen-bond acceptors (Lipinski definition) is 7. The van der Waals surface area contributed by atoms with E-state index >= 15 is 0 Å². The molecule has 4 atom stereocenters. The van der Waals surface area contributed by atoms with Gasteiger partial charge >= 0.3 is 5.97 Å². The van der Waals surface area contributed by atoms with Gasteiger partial charge in [0.25, 0.3) is 0 Å². The third kappa shape index (κ3) is 9.33. The monoisotopic (exact) mass is 504 g/mol. The van der Waals surface area contributed by atoms with Crippen LogP contribution in [0.1, 0.15) is 37.7 Å². The summed E-state index contributed by atoms with van der Waals surface area (Å²) >= 11 is 0. The Labute approximate surface area is 207 Å². The third-order valence-corrected chi connectivity index (χ3v) is 5.62. The van der Waals surface area contributed by atoms with Crippen molar-refractivity contribution in [3.8, 4) is 0 Å². The van der Waals surface area contributed by atoms with E-state index in [9.17, 15) is 33.9 Å². The molecule has 0 spiro atoms. The lowest BCUT2D eigenvalue weighted by molar-refractivity contribution is -0.143. The summed E-state index contributed by atoms with van der Waals surface area (Å²) < 4.78 is 0. The molecule has 1 aliphatic rings. The predicted molar refractivity (Wildman–Crippen MR) is 127 cm³/mol. The fourth-order valence-electron chi connectivity index (χ4n) is 3.74. The van der Waals surface area contributed by atoms with Gasteiger partial charge in [-0.05, 0) is 31.4 Å². The molecule has 0 bridgehead atoms. The summed E-state index contributed by atoms with van der Waals surface area (Å²) in [5.74, 6) is -5.11. The van der Waals surface area contributed by atoms with E-state index in [0.29, 0.717) is 18.5 Å². The van der Waals surface area contributed by atoms with Crippen LogP contribution in [0.2, 0.25) is 0 Å². The van der Waals surface area contributed by atoms with Crippen molar-refractivity contribution in [1.29, 1.82) is 0 Å².